The fourth-order valence-electron chi connectivity index (χ4n) is 4.95. The van der Waals surface area contributed by atoms with Gasteiger partial charge < -0.3 is 4.90 Å². The molecule has 0 spiro atoms. The van der Waals surface area contributed by atoms with Gasteiger partial charge in [0.15, 0.2) is 5.78 Å². The summed E-state index contributed by atoms with van der Waals surface area (Å²) in [6, 6.07) is 2.83. The number of carbonyl (C=O) groups excluding carboxylic acids is 2. The van der Waals surface area contributed by atoms with Gasteiger partial charge in [0, 0.05) is 36.1 Å². The first kappa shape index (κ1) is 29.1. The normalized spacial score (nSPS) is 17.6. The number of nitrogens with zero attached hydrogens (tertiary/aromatic N) is 1. The van der Waals surface area contributed by atoms with Crippen LogP contribution >= 0.6 is 0 Å². The number of alkyl halides is 3. The van der Waals surface area contributed by atoms with Gasteiger partial charge in [-0.3, -0.25) is 14.1 Å². The van der Waals surface area contributed by atoms with Gasteiger partial charge in [-0.2, -0.15) is 21.6 Å². The SMILES string of the molecule is CC(C)(C)C(=O)CCCCCN1c2cc3c(cc2C(CS(=O)(=O)O)=CC1(C)C)C(C(F)(F)F)=CC(=O)C3. The molecular formula is C27H34F3NO5S. The van der Waals surface area contributed by atoms with Crippen molar-refractivity contribution in [2.45, 2.75) is 78.4 Å². The summed E-state index contributed by atoms with van der Waals surface area (Å²) in [4.78, 5) is 26.3. The van der Waals surface area contributed by atoms with Crippen LogP contribution in [0.1, 0.15) is 77.0 Å². The van der Waals surface area contributed by atoms with E-state index in [1.54, 1.807) is 12.1 Å². The molecule has 1 heterocycles. The van der Waals surface area contributed by atoms with Gasteiger partial charge in [-0.15, -0.1) is 0 Å². The number of carbonyl (C=O) groups is 2. The van der Waals surface area contributed by atoms with Crippen LogP contribution in [0.4, 0.5) is 18.9 Å². The Bertz CT molecular complexity index is 1270. The zero-order valence-electron chi connectivity index (χ0n) is 21.8. The number of anilines is 1. The number of Topliss-reactive ketones (excluding diaryl/α,β-unsaturated/α-hetero) is 1. The summed E-state index contributed by atoms with van der Waals surface area (Å²) < 4.78 is 74.3. The summed E-state index contributed by atoms with van der Waals surface area (Å²) in [6.07, 6.45) is -0.0779. The molecule has 204 valence electrons. The monoisotopic (exact) mass is 541 g/mol. The van der Waals surface area contributed by atoms with E-state index in [9.17, 15) is 35.7 Å². The van der Waals surface area contributed by atoms with E-state index in [0.717, 1.165) is 6.42 Å². The van der Waals surface area contributed by atoms with E-state index in [4.69, 9.17) is 0 Å². The minimum atomic E-state index is -4.76. The van der Waals surface area contributed by atoms with Gasteiger partial charge in [0.1, 0.15) is 11.5 Å². The maximum absolute atomic E-state index is 13.8. The van der Waals surface area contributed by atoms with Gasteiger partial charge in [-0.25, -0.2) is 0 Å². The molecule has 0 fully saturated rings. The van der Waals surface area contributed by atoms with Crippen LogP contribution in [0.3, 0.4) is 0 Å². The third-order valence-corrected chi connectivity index (χ3v) is 7.48. The Kier molecular flexibility index (Phi) is 7.88. The molecule has 2 aliphatic rings. The van der Waals surface area contributed by atoms with E-state index < -0.39 is 44.4 Å². The van der Waals surface area contributed by atoms with E-state index in [1.807, 2.05) is 39.5 Å². The molecule has 37 heavy (non-hydrogen) atoms. The number of hydrogen-bond acceptors (Lipinski definition) is 5. The molecule has 1 aliphatic heterocycles. The molecule has 0 radical (unpaired) electrons. The van der Waals surface area contributed by atoms with Crippen molar-refractivity contribution in [3.05, 3.63) is 41.0 Å². The molecule has 0 aromatic heterocycles. The molecule has 0 bridgehead atoms. The van der Waals surface area contributed by atoms with Crippen molar-refractivity contribution in [3.63, 3.8) is 0 Å². The Hall–Kier alpha value is -2.46. The standard InChI is InChI=1S/C27H34F3NO5S/c1-25(2,3)24(33)9-7-6-8-10-31-23-12-17-11-19(32)13-22(27(28,29)30)20(17)14-21(23)18(15-26(31,4)5)16-37(34,35)36/h12-15H,6-11,16H2,1-5H3,(H,34,35,36). The molecule has 3 rings (SSSR count). The highest BCUT2D eigenvalue weighted by atomic mass is 32.2. The third kappa shape index (κ3) is 6.90. The minimum Gasteiger partial charge on any atom is -0.362 e. The van der Waals surface area contributed by atoms with Gasteiger partial charge >= 0.3 is 6.18 Å². The van der Waals surface area contributed by atoms with Crippen LogP contribution in [0, 0.1) is 5.41 Å². The lowest BCUT2D eigenvalue weighted by atomic mass is 9.82. The lowest BCUT2D eigenvalue weighted by Gasteiger charge is -2.44. The van der Waals surface area contributed by atoms with Crippen LogP contribution in [0.15, 0.2) is 24.3 Å². The van der Waals surface area contributed by atoms with E-state index in [2.05, 4.69) is 0 Å². The molecule has 1 N–H and O–H groups in total. The smallest absolute Gasteiger partial charge is 0.362 e. The summed E-state index contributed by atoms with van der Waals surface area (Å²) in [5.41, 5.74) is -1.11. The van der Waals surface area contributed by atoms with Gasteiger partial charge in [0.2, 0.25) is 0 Å². The number of rotatable bonds is 8. The molecule has 10 heteroatoms. The number of benzene rings is 1. The first-order valence-electron chi connectivity index (χ1n) is 12.3. The lowest BCUT2D eigenvalue weighted by molar-refractivity contribution is -0.126. The van der Waals surface area contributed by atoms with Crippen LogP contribution in [0.25, 0.3) is 11.1 Å². The van der Waals surface area contributed by atoms with E-state index in [1.165, 1.54) is 6.07 Å². The highest BCUT2D eigenvalue weighted by molar-refractivity contribution is 7.86. The molecule has 1 aliphatic carbocycles. The number of fused-ring (bicyclic) bond motifs is 2. The number of hydrogen-bond donors (Lipinski definition) is 1. The molecule has 6 nitrogen and oxygen atoms in total. The third-order valence-electron chi connectivity index (χ3n) is 6.81. The Morgan fingerprint density at radius 3 is 2.30 bits per heavy atom. The molecule has 0 saturated heterocycles. The lowest BCUT2D eigenvalue weighted by Crippen LogP contribution is -2.46. The summed E-state index contributed by atoms with van der Waals surface area (Å²) in [6.45, 7) is 9.86. The van der Waals surface area contributed by atoms with Crippen molar-refractivity contribution in [3.8, 4) is 0 Å². The molecule has 0 unspecified atom stereocenters. The van der Waals surface area contributed by atoms with Crippen molar-refractivity contribution in [2.24, 2.45) is 5.41 Å². The molecule has 0 saturated carbocycles. The molecule has 1 aromatic rings. The average Bonchev–Trinajstić information content (AvgIpc) is 2.70. The largest absolute Gasteiger partial charge is 0.417 e. The Morgan fingerprint density at radius 2 is 1.73 bits per heavy atom. The highest BCUT2D eigenvalue weighted by Gasteiger charge is 2.41. The number of allylic oxidation sites excluding steroid dienone is 2. The second kappa shape index (κ2) is 10.0. The van der Waals surface area contributed by atoms with Crippen LogP contribution in [0.5, 0.6) is 0 Å². The van der Waals surface area contributed by atoms with Crippen molar-refractivity contribution >= 4 is 38.5 Å². The van der Waals surface area contributed by atoms with Gasteiger partial charge in [0.05, 0.1) is 11.1 Å². The highest BCUT2D eigenvalue weighted by Crippen LogP contribution is 2.46. The zero-order chi connectivity index (χ0) is 28.0. The predicted molar refractivity (Wildman–Crippen MR) is 138 cm³/mol. The van der Waals surface area contributed by atoms with Crippen LogP contribution in [-0.4, -0.2) is 48.5 Å². The fourth-order valence-corrected chi connectivity index (χ4v) is 5.58. The van der Waals surface area contributed by atoms with Crippen molar-refractivity contribution in [1.29, 1.82) is 0 Å². The predicted octanol–water partition coefficient (Wildman–Crippen LogP) is 5.80. The van der Waals surface area contributed by atoms with E-state index in [0.29, 0.717) is 37.6 Å². The molecule has 0 atom stereocenters. The second-order valence-electron chi connectivity index (χ2n) is 11.4. The summed E-state index contributed by atoms with van der Waals surface area (Å²) in [5.74, 6) is -1.22. The Morgan fingerprint density at radius 1 is 1.08 bits per heavy atom. The van der Waals surface area contributed by atoms with Gasteiger partial charge in [-0.05, 0) is 61.6 Å². The molecular weight excluding hydrogens is 507 g/mol. The van der Waals surface area contributed by atoms with Crippen molar-refractivity contribution < 1.29 is 35.7 Å². The maximum Gasteiger partial charge on any atom is 0.417 e. The zero-order valence-corrected chi connectivity index (χ0v) is 22.6. The Labute approximate surface area is 216 Å². The number of ketones is 2. The maximum atomic E-state index is 13.8. The summed E-state index contributed by atoms with van der Waals surface area (Å²) in [5, 5.41) is 0. The minimum absolute atomic E-state index is 0.160. The van der Waals surface area contributed by atoms with Gasteiger partial charge in [0.25, 0.3) is 10.1 Å². The quantitative estimate of drug-likeness (QED) is 0.330. The second-order valence-corrected chi connectivity index (χ2v) is 12.9. The number of halogens is 3. The van der Waals surface area contributed by atoms with Gasteiger partial charge in [-0.1, -0.05) is 33.3 Å². The topological polar surface area (TPSA) is 91.8 Å². The van der Waals surface area contributed by atoms with Crippen molar-refractivity contribution in [1.82, 2.24) is 0 Å². The van der Waals surface area contributed by atoms with Crippen LogP contribution in [-0.2, 0) is 26.1 Å². The molecule has 1 aromatic carbocycles. The first-order chi connectivity index (χ1) is 16.8. The van der Waals surface area contributed by atoms with Crippen LogP contribution in [0.2, 0.25) is 0 Å². The fraction of sp³-hybridized carbons (Fsp3) is 0.556. The Balaban J connectivity index is 1.99. The molecule has 0 amide bonds. The first-order valence-corrected chi connectivity index (χ1v) is 13.9. The van der Waals surface area contributed by atoms with E-state index in [-0.39, 0.29) is 34.5 Å². The average molecular weight is 542 g/mol. The summed E-state index contributed by atoms with van der Waals surface area (Å²) in [7, 11) is -4.46. The van der Waals surface area contributed by atoms with Crippen LogP contribution < -0.4 is 4.90 Å². The van der Waals surface area contributed by atoms with Crippen molar-refractivity contribution in [2.75, 3.05) is 17.2 Å². The van der Waals surface area contributed by atoms with E-state index >= 15 is 0 Å². The summed E-state index contributed by atoms with van der Waals surface area (Å²) >= 11 is 0. The number of unbranched alkanes of at least 4 members (excludes halogenated alkanes) is 2.